The van der Waals surface area contributed by atoms with Gasteiger partial charge in [0.15, 0.2) is 5.78 Å². The molecule has 0 saturated carbocycles. The van der Waals surface area contributed by atoms with E-state index in [0.717, 1.165) is 0 Å². The van der Waals surface area contributed by atoms with Gasteiger partial charge in [-0.1, -0.05) is 19.9 Å². The van der Waals surface area contributed by atoms with E-state index in [-0.39, 0.29) is 28.5 Å². The fraction of sp³-hybridized carbons (Fsp3) is 0.389. The highest BCUT2D eigenvalue weighted by atomic mass is 19.1. The normalized spacial score (nSPS) is 21.4. The third-order valence-corrected chi connectivity index (χ3v) is 4.61. The highest BCUT2D eigenvalue weighted by molar-refractivity contribution is 6.04. The van der Waals surface area contributed by atoms with Gasteiger partial charge in [0, 0.05) is 29.5 Å². The van der Waals surface area contributed by atoms with Crippen molar-refractivity contribution in [3.05, 3.63) is 47.3 Å². The van der Waals surface area contributed by atoms with Crippen LogP contribution < -0.4 is 0 Å². The standard InChI is InChI=1S/C18H17FN2O2/c1-17(2)9-18(7-13(8-20)15(17)22)10-21(11-18)16(23)12-3-5-14(19)6-4-12/h3-7H,9-11H2,1-2H3. The fourth-order valence-electron chi connectivity index (χ4n) is 3.67. The number of nitrogens with zero attached hydrogens (tertiary/aromatic N) is 2. The maximum absolute atomic E-state index is 12.9. The number of carbonyl (C=O) groups excluding carboxylic acids is 2. The number of Topliss-reactive ketones (excluding diaryl/α,β-unsaturated/α-hetero) is 1. The van der Waals surface area contributed by atoms with Crippen LogP contribution in [-0.4, -0.2) is 29.7 Å². The van der Waals surface area contributed by atoms with E-state index in [2.05, 4.69) is 0 Å². The lowest BCUT2D eigenvalue weighted by molar-refractivity contribution is -0.127. The first-order valence-electron chi connectivity index (χ1n) is 7.49. The van der Waals surface area contributed by atoms with Crippen LogP contribution in [0.25, 0.3) is 0 Å². The van der Waals surface area contributed by atoms with Crippen LogP contribution in [0.2, 0.25) is 0 Å². The molecule has 1 aromatic carbocycles. The summed E-state index contributed by atoms with van der Waals surface area (Å²) in [6.45, 7) is 4.63. The van der Waals surface area contributed by atoms with Gasteiger partial charge in [0.2, 0.25) is 0 Å². The molecule has 0 bridgehead atoms. The molecule has 1 spiro atoms. The van der Waals surface area contributed by atoms with Crippen molar-refractivity contribution in [1.29, 1.82) is 5.26 Å². The Kier molecular flexibility index (Phi) is 3.36. The molecule has 0 N–H and O–H groups in total. The SMILES string of the molecule is CC1(C)CC2(C=C(C#N)C1=O)CN(C(=O)c1ccc(F)cc1)C2. The Hall–Kier alpha value is -2.48. The number of amides is 1. The van der Waals surface area contributed by atoms with Gasteiger partial charge in [-0.25, -0.2) is 4.39 Å². The fourth-order valence-corrected chi connectivity index (χ4v) is 3.67. The van der Waals surface area contributed by atoms with Gasteiger partial charge in [-0.3, -0.25) is 9.59 Å². The Morgan fingerprint density at radius 1 is 1.26 bits per heavy atom. The minimum absolute atomic E-state index is 0.131. The Labute approximate surface area is 134 Å². The van der Waals surface area contributed by atoms with E-state index in [1.165, 1.54) is 24.3 Å². The average molecular weight is 312 g/mol. The molecule has 0 atom stereocenters. The van der Waals surface area contributed by atoms with Crippen LogP contribution in [0, 0.1) is 28.0 Å². The summed E-state index contributed by atoms with van der Waals surface area (Å²) >= 11 is 0. The number of hydrogen-bond donors (Lipinski definition) is 0. The van der Waals surface area contributed by atoms with E-state index < -0.39 is 5.41 Å². The van der Waals surface area contributed by atoms with Crippen molar-refractivity contribution in [1.82, 2.24) is 4.90 Å². The summed E-state index contributed by atoms with van der Waals surface area (Å²) in [6.07, 6.45) is 2.35. The molecule has 1 saturated heterocycles. The van der Waals surface area contributed by atoms with Crippen molar-refractivity contribution in [3.8, 4) is 6.07 Å². The summed E-state index contributed by atoms with van der Waals surface area (Å²) in [7, 11) is 0. The number of ketones is 1. The van der Waals surface area contributed by atoms with Crippen LogP contribution in [0.3, 0.4) is 0 Å². The first-order valence-corrected chi connectivity index (χ1v) is 7.49. The van der Waals surface area contributed by atoms with Crippen LogP contribution in [0.4, 0.5) is 4.39 Å². The monoisotopic (exact) mass is 312 g/mol. The van der Waals surface area contributed by atoms with Gasteiger partial charge in [-0.15, -0.1) is 0 Å². The van der Waals surface area contributed by atoms with E-state index in [4.69, 9.17) is 5.26 Å². The number of benzene rings is 1. The summed E-state index contributed by atoms with van der Waals surface area (Å²) in [5.41, 5.74) is -0.268. The molecule has 118 valence electrons. The van der Waals surface area contributed by atoms with Crippen molar-refractivity contribution < 1.29 is 14.0 Å². The summed E-state index contributed by atoms with van der Waals surface area (Å²) in [5, 5.41) is 9.17. The van der Waals surface area contributed by atoms with Crippen LogP contribution in [-0.2, 0) is 4.79 Å². The maximum Gasteiger partial charge on any atom is 0.253 e. The Morgan fingerprint density at radius 3 is 2.43 bits per heavy atom. The molecule has 0 radical (unpaired) electrons. The van der Waals surface area contributed by atoms with Gasteiger partial charge in [-0.2, -0.15) is 5.26 Å². The second-order valence-corrected chi connectivity index (χ2v) is 7.09. The summed E-state index contributed by atoms with van der Waals surface area (Å²) < 4.78 is 12.9. The Balaban J connectivity index is 1.79. The summed E-state index contributed by atoms with van der Waals surface area (Å²) in [6, 6.07) is 7.44. The third kappa shape index (κ3) is 2.55. The van der Waals surface area contributed by atoms with E-state index >= 15 is 0 Å². The van der Waals surface area contributed by atoms with Crippen molar-refractivity contribution >= 4 is 11.7 Å². The largest absolute Gasteiger partial charge is 0.337 e. The van der Waals surface area contributed by atoms with Gasteiger partial charge < -0.3 is 4.90 Å². The van der Waals surface area contributed by atoms with Crippen LogP contribution in [0.1, 0.15) is 30.6 Å². The lowest BCUT2D eigenvalue weighted by Crippen LogP contribution is -2.60. The molecule has 1 aliphatic carbocycles. The zero-order chi connectivity index (χ0) is 16.8. The van der Waals surface area contributed by atoms with Gasteiger partial charge >= 0.3 is 0 Å². The number of allylic oxidation sites excluding steroid dienone is 1. The smallest absolute Gasteiger partial charge is 0.253 e. The second-order valence-electron chi connectivity index (χ2n) is 7.09. The predicted octanol–water partition coefficient (Wildman–Crippen LogP) is 2.72. The molecule has 0 unspecified atom stereocenters. The molecule has 4 nitrogen and oxygen atoms in total. The lowest BCUT2D eigenvalue weighted by atomic mass is 9.61. The van der Waals surface area contributed by atoms with Crippen LogP contribution in [0.15, 0.2) is 35.9 Å². The molecule has 0 aromatic heterocycles. The molecule has 23 heavy (non-hydrogen) atoms. The molecular weight excluding hydrogens is 295 g/mol. The van der Waals surface area contributed by atoms with E-state index in [1.807, 2.05) is 19.9 Å². The number of rotatable bonds is 1. The van der Waals surface area contributed by atoms with Gasteiger partial charge in [0.25, 0.3) is 5.91 Å². The minimum Gasteiger partial charge on any atom is -0.337 e. The lowest BCUT2D eigenvalue weighted by Gasteiger charge is -2.53. The quantitative estimate of drug-likeness (QED) is 0.801. The zero-order valence-electron chi connectivity index (χ0n) is 13.1. The van der Waals surface area contributed by atoms with Gasteiger partial charge in [-0.05, 0) is 30.7 Å². The molecule has 1 aliphatic heterocycles. The van der Waals surface area contributed by atoms with E-state index in [9.17, 15) is 14.0 Å². The summed E-state index contributed by atoms with van der Waals surface area (Å²) in [4.78, 5) is 26.2. The molecule has 1 fully saturated rings. The number of likely N-dealkylation sites (tertiary alicyclic amines) is 1. The van der Waals surface area contributed by atoms with Crippen molar-refractivity contribution in [2.45, 2.75) is 20.3 Å². The number of carbonyl (C=O) groups is 2. The Bertz CT molecular complexity index is 750. The van der Waals surface area contributed by atoms with E-state index in [1.54, 1.807) is 11.0 Å². The first-order chi connectivity index (χ1) is 10.8. The maximum atomic E-state index is 12.9. The van der Waals surface area contributed by atoms with Crippen molar-refractivity contribution in [2.24, 2.45) is 10.8 Å². The molecule has 1 heterocycles. The third-order valence-electron chi connectivity index (χ3n) is 4.61. The summed E-state index contributed by atoms with van der Waals surface area (Å²) in [5.74, 6) is -0.665. The van der Waals surface area contributed by atoms with Crippen LogP contribution >= 0.6 is 0 Å². The van der Waals surface area contributed by atoms with Crippen LogP contribution in [0.5, 0.6) is 0 Å². The zero-order valence-corrected chi connectivity index (χ0v) is 13.1. The first kappa shape index (κ1) is 15.4. The Morgan fingerprint density at radius 2 is 1.87 bits per heavy atom. The van der Waals surface area contributed by atoms with Crippen molar-refractivity contribution in [3.63, 3.8) is 0 Å². The predicted molar refractivity (Wildman–Crippen MR) is 81.8 cm³/mol. The highest BCUT2D eigenvalue weighted by Crippen LogP contribution is 2.48. The molecule has 3 rings (SSSR count). The molecule has 2 aliphatic rings. The second kappa shape index (κ2) is 5.02. The molecule has 5 heteroatoms. The minimum atomic E-state index is -0.592. The number of nitriles is 1. The average Bonchev–Trinajstić information content (AvgIpc) is 2.47. The topological polar surface area (TPSA) is 61.2 Å². The molecular formula is C18H17FN2O2. The number of hydrogen-bond acceptors (Lipinski definition) is 3. The molecule has 1 aromatic rings. The number of halogens is 1. The van der Waals surface area contributed by atoms with E-state index in [0.29, 0.717) is 25.1 Å². The van der Waals surface area contributed by atoms with Gasteiger partial charge in [0.05, 0.1) is 5.57 Å². The highest BCUT2D eigenvalue weighted by Gasteiger charge is 2.52. The van der Waals surface area contributed by atoms with Gasteiger partial charge in [0.1, 0.15) is 11.9 Å². The van der Waals surface area contributed by atoms with Crippen molar-refractivity contribution in [2.75, 3.05) is 13.1 Å². The molecule has 1 amide bonds.